The lowest BCUT2D eigenvalue weighted by Gasteiger charge is -2.39. The normalized spacial score (nSPS) is 28.1. The van der Waals surface area contributed by atoms with Gasteiger partial charge in [0.25, 0.3) is 0 Å². The van der Waals surface area contributed by atoms with E-state index in [2.05, 4.69) is 5.32 Å². The summed E-state index contributed by atoms with van der Waals surface area (Å²) in [4.78, 5) is 26.0. The van der Waals surface area contributed by atoms with Crippen molar-refractivity contribution >= 4 is 11.8 Å². The fraction of sp³-hybridized carbons (Fsp3) is 0.500. The van der Waals surface area contributed by atoms with Gasteiger partial charge in [0.15, 0.2) is 0 Å². The number of fused-ring (bicyclic) bond motifs is 1. The molecule has 0 aromatic heterocycles. The van der Waals surface area contributed by atoms with E-state index < -0.39 is 5.54 Å². The summed E-state index contributed by atoms with van der Waals surface area (Å²) in [6.07, 6.45) is 1.29. The number of hydrogen-bond donors (Lipinski definition) is 1. The number of hydrogen-bond acceptors (Lipinski definition) is 3. The molecule has 1 saturated heterocycles. The van der Waals surface area contributed by atoms with Gasteiger partial charge in [0, 0.05) is 6.42 Å². The van der Waals surface area contributed by atoms with Gasteiger partial charge in [-0.15, -0.1) is 0 Å². The molecule has 2 aliphatic rings. The Hall–Kier alpha value is -2.04. The third-order valence-corrected chi connectivity index (χ3v) is 4.35. The number of ether oxygens (including phenoxy) is 1. The molecular formula is C16H20N2O3. The Balaban J connectivity index is 1.71. The van der Waals surface area contributed by atoms with Crippen LogP contribution in [0.1, 0.15) is 25.8 Å². The van der Waals surface area contributed by atoms with E-state index in [4.69, 9.17) is 4.74 Å². The first kappa shape index (κ1) is 13.9. The molecule has 0 bridgehead atoms. The summed E-state index contributed by atoms with van der Waals surface area (Å²) in [5, 5.41) is 2.79. The van der Waals surface area contributed by atoms with Crippen molar-refractivity contribution in [1.29, 1.82) is 0 Å². The second kappa shape index (κ2) is 5.06. The van der Waals surface area contributed by atoms with E-state index in [0.29, 0.717) is 13.0 Å². The van der Waals surface area contributed by atoms with Crippen LogP contribution in [0, 0.1) is 0 Å². The number of carbonyl (C=O) groups excluding carboxylic acids is 2. The first-order valence-electron chi connectivity index (χ1n) is 7.37. The Morgan fingerprint density at radius 2 is 2.14 bits per heavy atom. The minimum atomic E-state index is -0.791. The van der Waals surface area contributed by atoms with E-state index in [9.17, 15) is 9.59 Å². The first-order valence-corrected chi connectivity index (χ1v) is 7.37. The van der Waals surface area contributed by atoms with E-state index >= 15 is 0 Å². The summed E-state index contributed by atoms with van der Waals surface area (Å²) in [5.41, 5.74) is 0.371. The third-order valence-electron chi connectivity index (χ3n) is 4.35. The van der Waals surface area contributed by atoms with Crippen LogP contribution >= 0.6 is 0 Å². The van der Waals surface area contributed by atoms with E-state index in [1.165, 1.54) is 0 Å². The monoisotopic (exact) mass is 288 g/mol. The lowest BCUT2D eigenvalue weighted by Crippen LogP contribution is -2.65. The van der Waals surface area contributed by atoms with Gasteiger partial charge in [-0.05, 0) is 25.0 Å². The third kappa shape index (κ3) is 2.48. The van der Waals surface area contributed by atoms with E-state index in [1.807, 2.05) is 31.2 Å². The maximum atomic E-state index is 12.5. The van der Waals surface area contributed by atoms with E-state index in [1.54, 1.807) is 11.8 Å². The second-order valence-corrected chi connectivity index (χ2v) is 5.97. The highest BCUT2D eigenvalue weighted by Gasteiger charge is 2.42. The predicted octanol–water partition coefficient (Wildman–Crippen LogP) is 1.12. The summed E-state index contributed by atoms with van der Waals surface area (Å²) in [6.45, 7) is 4.26. The van der Waals surface area contributed by atoms with Gasteiger partial charge in [0.05, 0.1) is 13.1 Å². The van der Waals surface area contributed by atoms with Crippen LogP contribution in [-0.4, -0.2) is 41.4 Å². The molecule has 2 aliphatic heterocycles. The number of carbonyl (C=O) groups is 2. The van der Waals surface area contributed by atoms with Crippen molar-refractivity contribution in [2.24, 2.45) is 0 Å². The highest BCUT2D eigenvalue weighted by molar-refractivity contribution is 5.97. The van der Waals surface area contributed by atoms with Gasteiger partial charge in [-0.25, -0.2) is 0 Å². The fourth-order valence-corrected chi connectivity index (χ4v) is 2.98. The molecule has 0 aliphatic carbocycles. The van der Waals surface area contributed by atoms with Crippen molar-refractivity contribution in [2.45, 2.75) is 38.3 Å². The first-order chi connectivity index (χ1) is 10.0. The minimum Gasteiger partial charge on any atom is -0.488 e. The van der Waals surface area contributed by atoms with Crippen molar-refractivity contribution in [2.75, 3.05) is 13.1 Å². The van der Waals surface area contributed by atoms with Crippen molar-refractivity contribution in [1.82, 2.24) is 10.2 Å². The molecule has 1 fully saturated rings. The quantitative estimate of drug-likeness (QED) is 0.906. The van der Waals surface area contributed by atoms with Gasteiger partial charge in [0.2, 0.25) is 11.8 Å². The zero-order valence-electron chi connectivity index (χ0n) is 12.4. The SMILES string of the molecule is CCC1(C)NC(=O)CN(CC2Cc3ccccc3O2)C1=O. The summed E-state index contributed by atoms with van der Waals surface area (Å²) in [6, 6.07) is 7.90. The Morgan fingerprint density at radius 3 is 2.86 bits per heavy atom. The van der Waals surface area contributed by atoms with Crippen LogP contribution in [0.2, 0.25) is 0 Å². The van der Waals surface area contributed by atoms with Gasteiger partial charge in [-0.3, -0.25) is 9.59 Å². The zero-order valence-corrected chi connectivity index (χ0v) is 12.4. The molecule has 112 valence electrons. The van der Waals surface area contributed by atoms with Crippen LogP contribution in [-0.2, 0) is 16.0 Å². The largest absolute Gasteiger partial charge is 0.488 e. The van der Waals surface area contributed by atoms with Crippen LogP contribution in [0.3, 0.4) is 0 Å². The number of nitrogens with one attached hydrogen (secondary N) is 1. The number of amides is 2. The van der Waals surface area contributed by atoms with Crippen molar-refractivity contribution < 1.29 is 14.3 Å². The molecule has 2 heterocycles. The van der Waals surface area contributed by atoms with Crippen LogP contribution in [0.4, 0.5) is 0 Å². The molecular weight excluding hydrogens is 268 g/mol. The number of benzene rings is 1. The minimum absolute atomic E-state index is 0.0239. The van der Waals surface area contributed by atoms with Crippen LogP contribution < -0.4 is 10.1 Å². The number of rotatable bonds is 3. The topological polar surface area (TPSA) is 58.6 Å². The maximum Gasteiger partial charge on any atom is 0.248 e. The fourth-order valence-electron chi connectivity index (χ4n) is 2.98. The second-order valence-electron chi connectivity index (χ2n) is 5.97. The molecule has 0 spiro atoms. The molecule has 5 nitrogen and oxygen atoms in total. The number of nitrogens with zero attached hydrogens (tertiary/aromatic N) is 1. The van der Waals surface area contributed by atoms with Gasteiger partial charge in [0.1, 0.15) is 17.4 Å². The standard InChI is InChI=1S/C16H20N2O3/c1-3-16(2)15(20)18(10-14(19)17-16)9-12-8-11-6-4-5-7-13(11)21-12/h4-7,12H,3,8-10H2,1-2H3,(H,17,19). The molecule has 0 saturated carbocycles. The van der Waals surface area contributed by atoms with Crippen molar-refractivity contribution in [3.8, 4) is 5.75 Å². The highest BCUT2D eigenvalue weighted by Crippen LogP contribution is 2.29. The van der Waals surface area contributed by atoms with Crippen molar-refractivity contribution in [3.63, 3.8) is 0 Å². The number of para-hydroxylation sites is 1. The lowest BCUT2D eigenvalue weighted by atomic mass is 9.94. The molecule has 2 amide bonds. The molecule has 1 N–H and O–H groups in total. The zero-order chi connectivity index (χ0) is 15.0. The molecule has 3 rings (SSSR count). The molecule has 1 aromatic rings. The predicted molar refractivity (Wildman–Crippen MR) is 78.0 cm³/mol. The average molecular weight is 288 g/mol. The molecule has 21 heavy (non-hydrogen) atoms. The van der Waals surface area contributed by atoms with Crippen molar-refractivity contribution in [3.05, 3.63) is 29.8 Å². The Morgan fingerprint density at radius 1 is 1.38 bits per heavy atom. The maximum absolute atomic E-state index is 12.5. The van der Waals surface area contributed by atoms with Crippen LogP contribution in [0.25, 0.3) is 0 Å². The highest BCUT2D eigenvalue weighted by atomic mass is 16.5. The number of piperazine rings is 1. The Kier molecular flexibility index (Phi) is 3.35. The summed E-state index contributed by atoms with van der Waals surface area (Å²) in [5.74, 6) is 0.758. The molecule has 2 atom stereocenters. The molecule has 5 heteroatoms. The Bertz CT molecular complexity index is 562. The average Bonchev–Trinajstić information content (AvgIpc) is 2.86. The molecule has 1 aromatic carbocycles. The smallest absolute Gasteiger partial charge is 0.248 e. The summed E-state index contributed by atoms with van der Waals surface area (Å²) < 4.78 is 5.87. The molecule has 0 radical (unpaired) electrons. The lowest BCUT2D eigenvalue weighted by molar-refractivity contribution is -0.150. The van der Waals surface area contributed by atoms with Crippen LogP contribution in [0.5, 0.6) is 5.75 Å². The van der Waals surface area contributed by atoms with Crippen LogP contribution in [0.15, 0.2) is 24.3 Å². The van der Waals surface area contributed by atoms with Gasteiger partial charge < -0.3 is 15.0 Å². The van der Waals surface area contributed by atoms with Gasteiger partial charge >= 0.3 is 0 Å². The van der Waals surface area contributed by atoms with E-state index in [-0.39, 0.29) is 24.5 Å². The van der Waals surface area contributed by atoms with E-state index in [0.717, 1.165) is 17.7 Å². The summed E-state index contributed by atoms with van der Waals surface area (Å²) >= 11 is 0. The van der Waals surface area contributed by atoms with Gasteiger partial charge in [-0.1, -0.05) is 25.1 Å². The Labute approximate surface area is 124 Å². The van der Waals surface area contributed by atoms with Gasteiger partial charge in [-0.2, -0.15) is 0 Å². The molecule has 2 unspecified atom stereocenters. The summed E-state index contributed by atoms with van der Waals surface area (Å²) in [7, 11) is 0.